The van der Waals surface area contributed by atoms with Crippen molar-refractivity contribution in [2.75, 3.05) is 39.7 Å². The van der Waals surface area contributed by atoms with Crippen molar-refractivity contribution >= 4 is 46.2 Å². The second kappa shape index (κ2) is 11.6. The number of nitrogens with two attached hydrogens (primary N) is 1. The molecule has 6 N–H and O–H groups in total. The number of rotatable bonds is 8. The van der Waals surface area contributed by atoms with E-state index in [1.54, 1.807) is 46.6 Å². The van der Waals surface area contributed by atoms with Crippen molar-refractivity contribution < 1.29 is 44.3 Å². The van der Waals surface area contributed by atoms with Gasteiger partial charge in [-0.25, -0.2) is 9.78 Å². The van der Waals surface area contributed by atoms with Crippen molar-refractivity contribution in [1.29, 1.82) is 0 Å². The van der Waals surface area contributed by atoms with Crippen molar-refractivity contribution in [3.8, 4) is 5.75 Å². The van der Waals surface area contributed by atoms with Crippen LogP contribution in [0.2, 0.25) is 0 Å². The number of Topliss-reactive ketones (excluding diaryl/α,β-unsaturated/α-hetero) is 2. The van der Waals surface area contributed by atoms with E-state index in [0.717, 1.165) is 0 Å². The van der Waals surface area contributed by atoms with Crippen LogP contribution in [0.15, 0.2) is 28.4 Å². The molecule has 0 bridgehead atoms. The Morgan fingerprint density at radius 1 is 1.16 bits per heavy atom. The Morgan fingerprint density at radius 3 is 2.44 bits per heavy atom. The number of esters is 1. The van der Waals surface area contributed by atoms with E-state index < -0.39 is 64.0 Å². The van der Waals surface area contributed by atoms with Crippen molar-refractivity contribution in [2.45, 2.75) is 44.2 Å². The number of aromatic nitrogens is 1. The number of aromatic hydroxyl groups is 1. The fourth-order valence-corrected chi connectivity index (χ4v) is 7.67. The average Bonchev–Trinajstić information content (AvgIpc) is 3.43. The predicted octanol–water partition coefficient (Wildman–Crippen LogP) is 1.45. The maximum atomic E-state index is 14.1. The van der Waals surface area contributed by atoms with E-state index in [9.17, 15) is 39.6 Å². The van der Waals surface area contributed by atoms with Crippen molar-refractivity contribution in [3.05, 3.63) is 55.7 Å². The van der Waals surface area contributed by atoms with Gasteiger partial charge in [-0.1, -0.05) is 0 Å². The fourth-order valence-electron chi connectivity index (χ4n) is 6.90. The molecule has 45 heavy (non-hydrogen) atoms. The smallest absolute Gasteiger partial charge is 0.357 e. The van der Waals surface area contributed by atoms with Crippen molar-refractivity contribution in [2.24, 2.45) is 17.6 Å². The van der Waals surface area contributed by atoms with E-state index in [1.807, 2.05) is 4.90 Å². The van der Waals surface area contributed by atoms with Gasteiger partial charge in [0, 0.05) is 43.1 Å². The molecular formula is C31H36N4O9S. The Balaban J connectivity index is 1.60. The number of likely N-dealkylation sites (N-methyl/N-ethyl adjacent to an activating group) is 1. The molecule has 240 valence electrons. The van der Waals surface area contributed by atoms with Crippen molar-refractivity contribution in [3.63, 3.8) is 0 Å². The summed E-state index contributed by atoms with van der Waals surface area (Å²) in [6.07, 6.45) is 0.831. The number of benzene rings is 1. The first-order chi connectivity index (χ1) is 21.1. The number of hydrogen-bond donors (Lipinski definition) is 5. The number of primary amides is 1. The number of thiazole rings is 1. The lowest BCUT2D eigenvalue weighted by molar-refractivity contribution is -0.153. The van der Waals surface area contributed by atoms with E-state index in [2.05, 4.69) is 4.98 Å². The first-order valence-electron chi connectivity index (χ1n) is 14.5. The van der Waals surface area contributed by atoms with E-state index >= 15 is 0 Å². The molecule has 0 aliphatic heterocycles. The van der Waals surface area contributed by atoms with E-state index in [4.69, 9.17) is 10.5 Å². The topological polar surface area (TPSA) is 204 Å². The van der Waals surface area contributed by atoms with Gasteiger partial charge in [0.2, 0.25) is 5.78 Å². The molecule has 1 amide bonds. The number of amides is 1. The van der Waals surface area contributed by atoms with E-state index in [1.165, 1.54) is 16.2 Å². The summed E-state index contributed by atoms with van der Waals surface area (Å²) in [5.74, 6) is -7.43. The van der Waals surface area contributed by atoms with E-state index in [0.29, 0.717) is 28.2 Å². The molecule has 1 fully saturated rings. The van der Waals surface area contributed by atoms with E-state index in [-0.39, 0.29) is 48.4 Å². The Hall–Kier alpha value is -4.27. The number of fused-ring (bicyclic) bond motifs is 3. The molecular weight excluding hydrogens is 604 g/mol. The quantitative estimate of drug-likeness (QED) is 0.206. The molecule has 5 rings (SSSR count). The van der Waals surface area contributed by atoms with Gasteiger partial charge >= 0.3 is 5.97 Å². The number of nitrogens with zero attached hydrogens (tertiary/aromatic N) is 3. The summed E-state index contributed by atoms with van der Waals surface area (Å²) in [4.78, 5) is 59.3. The molecule has 3 aliphatic carbocycles. The van der Waals surface area contributed by atoms with Gasteiger partial charge in [-0.3, -0.25) is 19.3 Å². The predicted molar refractivity (Wildman–Crippen MR) is 164 cm³/mol. The van der Waals surface area contributed by atoms with Crippen LogP contribution in [0, 0.1) is 11.8 Å². The molecule has 1 saturated carbocycles. The average molecular weight is 641 g/mol. The number of phenols is 1. The number of ether oxygens (including phenoxy) is 1. The van der Waals surface area contributed by atoms with Gasteiger partial charge in [-0.05, 0) is 63.4 Å². The molecule has 4 atom stereocenters. The molecule has 1 aromatic carbocycles. The third-order valence-corrected chi connectivity index (χ3v) is 9.81. The van der Waals surface area contributed by atoms with Crippen LogP contribution in [0.5, 0.6) is 5.75 Å². The molecule has 1 aromatic heterocycles. The van der Waals surface area contributed by atoms with Gasteiger partial charge < -0.3 is 35.8 Å². The van der Waals surface area contributed by atoms with Crippen LogP contribution in [-0.4, -0.2) is 100 Å². The molecule has 0 spiro atoms. The third kappa shape index (κ3) is 4.96. The second-order valence-electron chi connectivity index (χ2n) is 12.0. The van der Waals surface area contributed by atoms with Gasteiger partial charge in [0.1, 0.15) is 22.8 Å². The first-order valence-corrected chi connectivity index (χ1v) is 15.3. The normalized spacial score (nSPS) is 24.4. The summed E-state index contributed by atoms with van der Waals surface area (Å²) >= 11 is 1.28. The zero-order valence-corrected chi connectivity index (χ0v) is 26.4. The SMILES string of the molecule is CCOC(=O)c1csc(CCc2cc(N(C)C)c3c(c2O)C(O)=C2C(=O)[C@@]4(O)C(O)=C(C(N)=O)C(=O)C(N(C)C)[C@H]4C[C@H]2C3)n1. The number of aliphatic hydroxyl groups excluding tert-OH is 2. The maximum Gasteiger partial charge on any atom is 0.357 e. The lowest BCUT2D eigenvalue weighted by Gasteiger charge is -2.50. The van der Waals surface area contributed by atoms with Gasteiger partial charge in [-0.2, -0.15) is 0 Å². The molecule has 2 aromatic rings. The maximum absolute atomic E-state index is 14.1. The van der Waals surface area contributed by atoms with Crippen LogP contribution in [-0.2, 0) is 38.4 Å². The monoisotopic (exact) mass is 640 g/mol. The van der Waals surface area contributed by atoms with Crippen molar-refractivity contribution in [1.82, 2.24) is 9.88 Å². The highest BCUT2D eigenvalue weighted by Crippen LogP contribution is 2.54. The largest absolute Gasteiger partial charge is 0.508 e. The van der Waals surface area contributed by atoms with Crippen LogP contribution in [0.25, 0.3) is 5.76 Å². The molecule has 1 heterocycles. The second-order valence-corrected chi connectivity index (χ2v) is 12.9. The molecule has 1 unspecified atom stereocenters. The number of ketones is 2. The van der Waals surface area contributed by atoms with Crippen LogP contribution < -0.4 is 10.6 Å². The molecule has 3 aliphatic rings. The van der Waals surface area contributed by atoms with Gasteiger partial charge in [0.05, 0.1) is 23.2 Å². The number of hydrogen-bond acceptors (Lipinski definition) is 13. The zero-order chi connectivity index (χ0) is 33.1. The van der Waals surface area contributed by atoms with Gasteiger partial charge in [0.15, 0.2) is 17.1 Å². The number of aryl methyl sites for hydroxylation is 2. The van der Waals surface area contributed by atoms with Gasteiger partial charge in [0.25, 0.3) is 5.91 Å². The summed E-state index contributed by atoms with van der Waals surface area (Å²) in [5.41, 5.74) is 3.56. The summed E-state index contributed by atoms with van der Waals surface area (Å²) < 4.78 is 5.00. The zero-order valence-electron chi connectivity index (χ0n) is 25.6. The number of phenolic OH excluding ortho intramolecular Hbond substituents is 1. The lowest BCUT2D eigenvalue weighted by atomic mass is 9.57. The third-order valence-electron chi connectivity index (χ3n) is 8.90. The summed E-state index contributed by atoms with van der Waals surface area (Å²) in [6, 6.07) is 0.648. The number of carbonyl (C=O) groups is 4. The Morgan fingerprint density at radius 2 is 1.84 bits per heavy atom. The Bertz CT molecular complexity index is 1690. The van der Waals surface area contributed by atoms with Crippen LogP contribution >= 0.6 is 11.3 Å². The van der Waals surface area contributed by atoms with Crippen LogP contribution in [0.1, 0.15) is 45.5 Å². The highest BCUT2D eigenvalue weighted by Gasteiger charge is 2.64. The minimum atomic E-state index is -2.70. The minimum absolute atomic E-state index is 0.00793. The molecule has 13 nitrogen and oxygen atoms in total. The summed E-state index contributed by atoms with van der Waals surface area (Å²) in [7, 11) is 6.72. The van der Waals surface area contributed by atoms with Gasteiger partial charge in [-0.15, -0.1) is 11.3 Å². The highest BCUT2D eigenvalue weighted by molar-refractivity contribution is 7.09. The molecule has 0 saturated heterocycles. The molecule has 14 heteroatoms. The summed E-state index contributed by atoms with van der Waals surface area (Å²) in [5, 5.41) is 48.3. The minimum Gasteiger partial charge on any atom is -0.508 e. The Labute approximate surface area is 263 Å². The van der Waals surface area contributed by atoms with Crippen LogP contribution in [0.4, 0.5) is 5.69 Å². The fraction of sp³-hybridized carbons (Fsp3) is 0.452. The number of aliphatic hydroxyl groups is 3. The number of carbonyl (C=O) groups excluding carboxylic acids is 4. The number of anilines is 1. The molecule has 0 radical (unpaired) electrons. The summed E-state index contributed by atoms with van der Waals surface area (Å²) in [6.45, 7) is 1.92. The first kappa shape index (κ1) is 32.1. The van der Waals surface area contributed by atoms with Crippen LogP contribution in [0.3, 0.4) is 0 Å². The standard InChI is InChI=1S/C31H36N4O9S/c1-6-44-30(42)17-12-45-19(33-17)8-7-13-11-18(34(2)3)15-9-14-10-16-23(35(4)5)26(38)22(29(32)41)28(40)31(16,43)27(39)20(14)25(37)21(15)24(13)36/h11-12,14,16,23,36-37,40,43H,6-10H2,1-5H3,(H2,32,41)/t14-,16-,23?,31-/m1/s1. The lowest BCUT2D eigenvalue weighted by Crippen LogP contribution is -2.65. The Kier molecular flexibility index (Phi) is 8.27. The highest BCUT2D eigenvalue weighted by atomic mass is 32.1.